The number of hydrogen-bond donors (Lipinski definition) is 3. The van der Waals surface area contributed by atoms with E-state index in [0.29, 0.717) is 5.69 Å². The van der Waals surface area contributed by atoms with E-state index in [9.17, 15) is 0 Å². The van der Waals surface area contributed by atoms with Crippen LogP contribution in [0.15, 0.2) is 97.3 Å². The summed E-state index contributed by atoms with van der Waals surface area (Å²) in [5.41, 5.74) is 13.4. The van der Waals surface area contributed by atoms with Crippen LogP contribution >= 0.6 is 11.8 Å². The third-order valence-electron chi connectivity index (χ3n) is 6.57. The van der Waals surface area contributed by atoms with Crippen molar-refractivity contribution in [3.63, 3.8) is 0 Å². The van der Waals surface area contributed by atoms with Gasteiger partial charge >= 0.3 is 0 Å². The predicted molar refractivity (Wildman–Crippen MR) is 167 cm³/mol. The Morgan fingerprint density at radius 1 is 1.08 bits per heavy atom. The number of aryl methyl sites for hydroxylation is 1. The van der Waals surface area contributed by atoms with Crippen LogP contribution < -0.4 is 16.4 Å². The average Bonchev–Trinajstić information content (AvgIpc) is 3.31. The Labute approximate surface area is 230 Å². The van der Waals surface area contributed by atoms with Gasteiger partial charge in [0.05, 0.1) is 28.3 Å². The minimum atomic E-state index is 0.686. The highest BCUT2D eigenvalue weighted by Crippen LogP contribution is 2.34. The molecule has 1 fully saturated rings. The molecule has 0 spiro atoms. The van der Waals surface area contributed by atoms with Gasteiger partial charge in [0.15, 0.2) is 0 Å². The zero-order chi connectivity index (χ0) is 27.1. The number of aromatic nitrogens is 2. The fourth-order valence-corrected chi connectivity index (χ4v) is 4.86. The molecule has 2 aromatic carbocycles. The van der Waals surface area contributed by atoms with Crippen LogP contribution in [0.25, 0.3) is 16.2 Å². The summed E-state index contributed by atoms with van der Waals surface area (Å²) in [7, 11) is 0. The molecule has 1 aliphatic rings. The normalized spacial score (nSPS) is 13.3. The van der Waals surface area contributed by atoms with Crippen LogP contribution in [0.4, 0.5) is 17.1 Å². The Kier molecular flexibility index (Phi) is 8.98. The maximum absolute atomic E-state index is 6.01. The first-order valence-corrected chi connectivity index (χ1v) is 13.8. The van der Waals surface area contributed by atoms with Crippen molar-refractivity contribution < 1.29 is 0 Å². The highest BCUT2D eigenvalue weighted by Gasteiger charge is 2.11. The number of imidazole rings is 1. The van der Waals surface area contributed by atoms with E-state index < -0.39 is 0 Å². The Bertz CT molecular complexity index is 1440. The molecule has 1 aliphatic carbocycles. The average molecular weight is 524 g/mol. The number of nitrogen functional groups attached to an aromatic ring is 1. The molecule has 5 rings (SSSR count). The summed E-state index contributed by atoms with van der Waals surface area (Å²) in [6.45, 7) is 14.7. The number of hydrogen-bond acceptors (Lipinski definition) is 5. The monoisotopic (exact) mass is 523 g/mol. The quantitative estimate of drug-likeness (QED) is 0.201. The molecule has 0 bridgehead atoms. The molecule has 0 unspecified atom stereocenters. The number of nitrogens with one attached hydrogen (secondary N) is 2. The zero-order valence-corrected chi connectivity index (χ0v) is 23.3. The Balaban J connectivity index is 0.000000603. The first kappa shape index (κ1) is 27.1. The summed E-state index contributed by atoms with van der Waals surface area (Å²) in [5.74, 6) is 1.06. The largest absolute Gasteiger partial charge is 0.397 e. The van der Waals surface area contributed by atoms with Crippen LogP contribution in [0.1, 0.15) is 49.9 Å². The summed E-state index contributed by atoms with van der Waals surface area (Å²) in [4.78, 5) is 5.62. The Hall–Kier alpha value is -3.90. The van der Waals surface area contributed by atoms with Gasteiger partial charge in [-0.2, -0.15) is 0 Å². The summed E-state index contributed by atoms with van der Waals surface area (Å²) in [5, 5.41) is 7.48. The van der Waals surface area contributed by atoms with E-state index >= 15 is 0 Å². The molecule has 38 heavy (non-hydrogen) atoms. The number of fused-ring (bicyclic) bond motifs is 1. The van der Waals surface area contributed by atoms with Crippen LogP contribution in [-0.4, -0.2) is 9.38 Å². The van der Waals surface area contributed by atoms with E-state index in [-0.39, 0.29) is 0 Å². The van der Waals surface area contributed by atoms with Crippen molar-refractivity contribution in [2.24, 2.45) is 5.92 Å². The number of nitrogens with two attached hydrogens (primary N) is 1. The van der Waals surface area contributed by atoms with Gasteiger partial charge in [0, 0.05) is 22.5 Å². The van der Waals surface area contributed by atoms with Crippen LogP contribution in [0.5, 0.6) is 0 Å². The summed E-state index contributed by atoms with van der Waals surface area (Å²) in [6.07, 6.45) is 10.5. The third kappa shape index (κ3) is 6.90. The van der Waals surface area contributed by atoms with Gasteiger partial charge in [0.1, 0.15) is 5.65 Å². The highest BCUT2D eigenvalue weighted by molar-refractivity contribution is 8.11. The molecule has 4 aromatic rings. The number of para-hydroxylation sites is 2. The summed E-state index contributed by atoms with van der Waals surface area (Å²) >= 11 is 1.58. The lowest BCUT2D eigenvalue weighted by molar-refractivity contribution is 0.346. The van der Waals surface area contributed by atoms with E-state index in [1.54, 1.807) is 11.8 Å². The third-order valence-corrected chi connectivity index (χ3v) is 7.59. The van der Waals surface area contributed by atoms with Gasteiger partial charge < -0.3 is 16.4 Å². The van der Waals surface area contributed by atoms with Crippen LogP contribution in [0.3, 0.4) is 0 Å². The molecule has 6 heteroatoms. The molecule has 0 saturated heterocycles. The number of thioether (sulfide) groups is 1. The van der Waals surface area contributed by atoms with Crippen molar-refractivity contribution in [3.8, 4) is 0 Å². The summed E-state index contributed by atoms with van der Waals surface area (Å²) < 4.78 is 2.09. The van der Waals surface area contributed by atoms with Crippen molar-refractivity contribution in [1.82, 2.24) is 9.38 Å². The van der Waals surface area contributed by atoms with Gasteiger partial charge in [-0.15, -0.1) is 0 Å². The van der Waals surface area contributed by atoms with Gasteiger partial charge in [-0.05, 0) is 67.3 Å². The topological polar surface area (TPSA) is 67.4 Å². The van der Waals surface area contributed by atoms with Crippen molar-refractivity contribution in [2.75, 3.05) is 16.4 Å². The number of anilines is 3. The first-order valence-electron chi connectivity index (χ1n) is 13.0. The second kappa shape index (κ2) is 12.6. The molecular formula is C32H37N5S. The van der Waals surface area contributed by atoms with Crippen LogP contribution in [-0.2, 0) is 0 Å². The number of allylic oxidation sites excluding steroid dienone is 1. The van der Waals surface area contributed by atoms with Gasteiger partial charge in [-0.25, -0.2) is 4.98 Å². The van der Waals surface area contributed by atoms with E-state index in [0.717, 1.165) is 49.8 Å². The lowest BCUT2D eigenvalue weighted by Crippen LogP contribution is -2.04. The van der Waals surface area contributed by atoms with Crippen molar-refractivity contribution >= 4 is 45.1 Å². The molecule has 0 aliphatic heterocycles. The molecule has 4 N–H and O–H groups in total. The Morgan fingerprint density at radius 3 is 2.42 bits per heavy atom. The number of benzene rings is 2. The molecule has 0 radical (unpaired) electrons. The van der Waals surface area contributed by atoms with E-state index in [2.05, 4.69) is 71.4 Å². The second-order valence-electron chi connectivity index (χ2n) is 9.68. The van der Waals surface area contributed by atoms with E-state index in [4.69, 9.17) is 5.73 Å². The van der Waals surface area contributed by atoms with Crippen molar-refractivity contribution in [3.05, 3.63) is 114 Å². The van der Waals surface area contributed by atoms with Gasteiger partial charge in [0.25, 0.3) is 0 Å². The molecule has 2 heterocycles. The van der Waals surface area contributed by atoms with Gasteiger partial charge in [-0.3, -0.25) is 4.40 Å². The lowest BCUT2D eigenvalue weighted by atomic mass is 9.88. The Morgan fingerprint density at radius 2 is 1.79 bits per heavy atom. The van der Waals surface area contributed by atoms with E-state index in [1.807, 2.05) is 61.7 Å². The maximum Gasteiger partial charge on any atom is 0.137 e. The van der Waals surface area contributed by atoms with Crippen molar-refractivity contribution in [1.29, 1.82) is 0 Å². The van der Waals surface area contributed by atoms with Gasteiger partial charge in [0.2, 0.25) is 0 Å². The molecule has 5 nitrogen and oxygen atoms in total. The predicted octanol–water partition coefficient (Wildman–Crippen LogP) is 8.79. The zero-order valence-electron chi connectivity index (χ0n) is 22.5. The van der Waals surface area contributed by atoms with Crippen molar-refractivity contribution in [2.45, 2.75) is 40.0 Å². The fraction of sp³-hybridized carbons (Fsp3) is 0.219. The number of pyridine rings is 1. The maximum atomic E-state index is 6.01. The second-order valence-corrected chi connectivity index (χ2v) is 10.8. The lowest BCUT2D eigenvalue weighted by Gasteiger charge is -2.18. The minimum Gasteiger partial charge on any atom is -0.397 e. The molecule has 2 aromatic heterocycles. The highest BCUT2D eigenvalue weighted by atomic mass is 32.2. The van der Waals surface area contributed by atoms with Crippen LogP contribution in [0.2, 0.25) is 0 Å². The van der Waals surface area contributed by atoms with Gasteiger partial charge in [-0.1, -0.05) is 81.4 Å². The minimum absolute atomic E-state index is 0.686. The molecular weight excluding hydrogens is 486 g/mol. The standard InChI is InChI=1S/C27H27N5S.C5H10/c1-5-26(25-17-29-27-16-18(2)14-15-32(25)27)33-20(4)31-22-12-10-21(11-13-22)19(3)30-24-9-7-6-8-23(24)28;1-5-3-2-4-5/h5-17,30-31H,3-4,28H2,1-2H3;5H,2-4H2,1H3/b26-5-;. The first-order chi connectivity index (χ1) is 18.3. The summed E-state index contributed by atoms with van der Waals surface area (Å²) in [6, 6.07) is 19.8. The molecule has 0 atom stereocenters. The fourth-order valence-electron chi connectivity index (χ4n) is 4.06. The number of nitrogens with zero attached hydrogens (tertiary/aromatic N) is 2. The SMILES string of the molecule is C=C(Nc1ccc(C(=C)Nc2ccccc2N)cc1)S/C(=C\C)c1cnc2cc(C)ccn12.CC1CCC1. The van der Waals surface area contributed by atoms with Crippen LogP contribution in [0, 0.1) is 12.8 Å². The number of rotatable bonds is 8. The smallest absolute Gasteiger partial charge is 0.137 e. The van der Waals surface area contributed by atoms with E-state index in [1.165, 1.54) is 24.8 Å². The molecule has 1 saturated carbocycles. The molecule has 196 valence electrons. The molecule has 0 amide bonds.